The van der Waals surface area contributed by atoms with Crippen molar-refractivity contribution >= 4 is 6.03 Å². The van der Waals surface area contributed by atoms with Gasteiger partial charge in [-0.25, -0.2) is 10.2 Å². The number of carbonyl (C=O) groups excluding carboxylic acids is 1. The first-order chi connectivity index (χ1) is 6.59. The predicted octanol–water partition coefficient (Wildman–Crippen LogP) is -0.439. The van der Waals surface area contributed by atoms with Gasteiger partial charge in [-0.15, -0.1) is 0 Å². The Morgan fingerprint density at radius 1 is 1.36 bits per heavy atom. The minimum atomic E-state index is 0.0983. The van der Waals surface area contributed by atoms with Crippen molar-refractivity contribution in [1.82, 2.24) is 20.2 Å². The molecule has 2 saturated heterocycles. The standard InChI is InChI=1S/C9H18N4O/c1-7-8-6-11(2)4-5-13(8)9(14)12(3)10-7/h7-8,10H,4-6H2,1-3H3. The minimum absolute atomic E-state index is 0.0983. The van der Waals surface area contributed by atoms with Crippen LogP contribution >= 0.6 is 0 Å². The smallest absolute Gasteiger partial charge is 0.316 e. The molecular formula is C9H18N4O. The van der Waals surface area contributed by atoms with Crippen LogP contribution in [0, 0.1) is 0 Å². The van der Waals surface area contributed by atoms with Crippen LogP contribution in [-0.4, -0.2) is 66.7 Å². The van der Waals surface area contributed by atoms with E-state index in [2.05, 4.69) is 24.3 Å². The van der Waals surface area contributed by atoms with Gasteiger partial charge in [-0.3, -0.25) is 5.01 Å². The molecule has 2 atom stereocenters. The van der Waals surface area contributed by atoms with E-state index in [0.29, 0.717) is 12.1 Å². The Hall–Kier alpha value is -0.810. The van der Waals surface area contributed by atoms with Crippen LogP contribution in [-0.2, 0) is 0 Å². The second-order valence-electron chi connectivity index (χ2n) is 4.28. The summed E-state index contributed by atoms with van der Waals surface area (Å²) >= 11 is 0. The van der Waals surface area contributed by atoms with Gasteiger partial charge in [0.15, 0.2) is 0 Å². The van der Waals surface area contributed by atoms with Gasteiger partial charge < -0.3 is 9.80 Å². The highest BCUT2D eigenvalue weighted by Gasteiger charge is 2.38. The zero-order chi connectivity index (χ0) is 10.3. The molecule has 2 aliphatic rings. The summed E-state index contributed by atoms with van der Waals surface area (Å²) in [6.07, 6.45) is 0. The van der Waals surface area contributed by atoms with Gasteiger partial charge in [0.25, 0.3) is 0 Å². The molecule has 80 valence electrons. The van der Waals surface area contributed by atoms with Gasteiger partial charge in [0, 0.05) is 32.7 Å². The monoisotopic (exact) mass is 198 g/mol. The molecule has 2 unspecified atom stereocenters. The van der Waals surface area contributed by atoms with Gasteiger partial charge in [0.2, 0.25) is 0 Å². The SMILES string of the molecule is CC1NN(C)C(=O)N2CCN(C)CC12. The Bertz CT molecular complexity index is 245. The third kappa shape index (κ3) is 1.46. The number of nitrogens with zero attached hydrogens (tertiary/aromatic N) is 3. The van der Waals surface area contributed by atoms with Gasteiger partial charge in [-0.05, 0) is 14.0 Å². The molecule has 2 fully saturated rings. The van der Waals surface area contributed by atoms with Crippen LogP contribution in [0.15, 0.2) is 0 Å². The van der Waals surface area contributed by atoms with E-state index >= 15 is 0 Å². The molecule has 0 saturated carbocycles. The average molecular weight is 198 g/mol. The van der Waals surface area contributed by atoms with E-state index in [1.165, 1.54) is 0 Å². The van der Waals surface area contributed by atoms with Crippen molar-refractivity contribution in [1.29, 1.82) is 0 Å². The molecule has 0 spiro atoms. The first kappa shape index (κ1) is 9.73. The van der Waals surface area contributed by atoms with E-state index in [1.807, 2.05) is 4.90 Å². The van der Waals surface area contributed by atoms with Crippen molar-refractivity contribution in [2.24, 2.45) is 0 Å². The van der Waals surface area contributed by atoms with Crippen LogP contribution < -0.4 is 5.43 Å². The molecule has 14 heavy (non-hydrogen) atoms. The van der Waals surface area contributed by atoms with Crippen molar-refractivity contribution in [2.45, 2.75) is 19.0 Å². The number of urea groups is 1. The zero-order valence-corrected chi connectivity index (χ0v) is 9.03. The van der Waals surface area contributed by atoms with Crippen LogP contribution in [0.3, 0.4) is 0 Å². The molecule has 2 amide bonds. The van der Waals surface area contributed by atoms with Gasteiger partial charge >= 0.3 is 6.03 Å². The highest BCUT2D eigenvalue weighted by molar-refractivity contribution is 5.75. The molecule has 0 radical (unpaired) electrons. The van der Waals surface area contributed by atoms with Crippen molar-refractivity contribution < 1.29 is 4.79 Å². The van der Waals surface area contributed by atoms with Gasteiger partial charge in [0.05, 0.1) is 6.04 Å². The maximum atomic E-state index is 11.8. The fourth-order valence-electron chi connectivity index (χ4n) is 2.26. The molecule has 0 aromatic heterocycles. The molecule has 2 aliphatic heterocycles. The maximum Gasteiger partial charge on any atom is 0.334 e. The summed E-state index contributed by atoms with van der Waals surface area (Å²) in [5.74, 6) is 0. The molecular weight excluding hydrogens is 180 g/mol. The molecule has 2 heterocycles. The topological polar surface area (TPSA) is 38.8 Å². The summed E-state index contributed by atoms with van der Waals surface area (Å²) < 4.78 is 0. The van der Waals surface area contributed by atoms with E-state index < -0.39 is 0 Å². The fourth-order valence-corrected chi connectivity index (χ4v) is 2.26. The fraction of sp³-hybridized carbons (Fsp3) is 0.889. The minimum Gasteiger partial charge on any atom is -0.316 e. The number of hydrazine groups is 1. The van der Waals surface area contributed by atoms with E-state index in [1.54, 1.807) is 12.1 Å². The second-order valence-corrected chi connectivity index (χ2v) is 4.28. The number of amides is 2. The zero-order valence-electron chi connectivity index (χ0n) is 9.03. The third-order valence-electron chi connectivity index (χ3n) is 3.13. The van der Waals surface area contributed by atoms with Crippen LogP contribution in [0.2, 0.25) is 0 Å². The summed E-state index contributed by atoms with van der Waals surface area (Å²) in [7, 11) is 3.89. The lowest BCUT2D eigenvalue weighted by atomic mass is 10.0. The molecule has 0 aromatic rings. The van der Waals surface area contributed by atoms with E-state index in [0.717, 1.165) is 19.6 Å². The van der Waals surface area contributed by atoms with Crippen molar-refractivity contribution in [3.05, 3.63) is 0 Å². The Morgan fingerprint density at radius 3 is 2.79 bits per heavy atom. The normalized spacial score (nSPS) is 34.6. The van der Waals surface area contributed by atoms with E-state index in [4.69, 9.17) is 0 Å². The Kier molecular flexibility index (Phi) is 2.36. The molecule has 0 aromatic carbocycles. The molecule has 0 bridgehead atoms. The number of rotatable bonds is 0. The lowest BCUT2D eigenvalue weighted by Crippen LogP contribution is -2.70. The molecule has 5 heteroatoms. The van der Waals surface area contributed by atoms with E-state index in [9.17, 15) is 4.79 Å². The number of hydrogen-bond acceptors (Lipinski definition) is 3. The maximum absolute atomic E-state index is 11.8. The number of likely N-dealkylation sites (N-methyl/N-ethyl adjacent to an activating group) is 1. The predicted molar refractivity (Wildman–Crippen MR) is 53.7 cm³/mol. The largest absolute Gasteiger partial charge is 0.334 e. The number of nitrogens with one attached hydrogen (secondary N) is 1. The van der Waals surface area contributed by atoms with Crippen molar-refractivity contribution in [2.75, 3.05) is 33.7 Å². The van der Waals surface area contributed by atoms with E-state index in [-0.39, 0.29) is 6.03 Å². The van der Waals surface area contributed by atoms with Gasteiger partial charge in [-0.2, -0.15) is 0 Å². The van der Waals surface area contributed by atoms with Crippen LogP contribution in [0.4, 0.5) is 4.79 Å². The van der Waals surface area contributed by atoms with Crippen LogP contribution in [0.5, 0.6) is 0 Å². The quantitative estimate of drug-likeness (QED) is 0.573. The third-order valence-corrected chi connectivity index (χ3v) is 3.13. The molecule has 2 rings (SSSR count). The average Bonchev–Trinajstić information content (AvgIpc) is 2.14. The summed E-state index contributed by atoms with van der Waals surface area (Å²) in [5.41, 5.74) is 3.16. The molecule has 5 nitrogen and oxygen atoms in total. The number of piperazine rings is 1. The Labute approximate surface area is 84.6 Å². The summed E-state index contributed by atoms with van der Waals surface area (Å²) in [5, 5.41) is 1.59. The highest BCUT2D eigenvalue weighted by Crippen LogP contribution is 2.17. The lowest BCUT2D eigenvalue weighted by Gasteiger charge is -2.48. The molecule has 0 aliphatic carbocycles. The van der Waals surface area contributed by atoms with Crippen LogP contribution in [0.1, 0.15) is 6.92 Å². The Balaban J connectivity index is 2.14. The highest BCUT2D eigenvalue weighted by atomic mass is 16.2. The number of fused-ring (bicyclic) bond motifs is 1. The summed E-state index contributed by atoms with van der Waals surface area (Å²) in [4.78, 5) is 16.0. The number of hydrogen-bond donors (Lipinski definition) is 1. The summed E-state index contributed by atoms with van der Waals surface area (Å²) in [6, 6.07) is 0.749. The Morgan fingerprint density at radius 2 is 2.07 bits per heavy atom. The molecule has 1 N–H and O–H groups in total. The lowest BCUT2D eigenvalue weighted by molar-refractivity contribution is 0.0200. The van der Waals surface area contributed by atoms with Crippen molar-refractivity contribution in [3.63, 3.8) is 0 Å². The first-order valence-corrected chi connectivity index (χ1v) is 5.08. The summed E-state index contributed by atoms with van der Waals surface area (Å²) in [6.45, 7) is 4.91. The van der Waals surface area contributed by atoms with Gasteiger partial charge in [0.1, 0.15) is 0 Å². The second kappa shape index (κ2) is 3.40. The van der Waals surface area contributed by atoms with Crippen LogP contribution in [0.25, 0.3) is 0 Å². The first-order valence-electron chi connectivity index (χ1n) is 5.08. The number of carbonyl (C=O) groups is 1. The van der Waals surface area contributed by atoms with Gasteiger partial charge in [-0.1, -0.05) is 0 Å². The van der Waals surface area contributed by atoms with Crippen molar-refractivity contribution in [3.8, 4) is 0 Å².